The van der Waals surface area contributed by atoms with E-state index in [1.165, 1.54) is 25.8 Å². The Morgan fingerprint density at radius 1 is 0.889 bits per heavy atom. The number of nitrogens with one attached hydrogen (secondary N) is 5. The zero-order valence-electron chi connectivity index (χ0n) is 55.0. The van der Waals surface area contributed by atoms with Gasteiger partial charge in [0, 0.05) is 76.6 Å². The topological polar surface area (TPSA) is 301 Å². The molecule has 0 saturated carbocycles. The summed E-state index contributed by atoms with van der Waals surface area (Å²) in [5.74, 6) is -5.70. The second kappa shape index (κ2) is 36.9. The van der Waals surface area contributed by atoms with Crippen LogP contribution in [0.5, 0.6) is 0 Å². The van der Waals surface area contributed by atoms with Gasteiger partial charge >= 0.3 is 11.9 Å². The first kappa shape index (κ1) is 75.7. The van der Waals surface area contributed by atoms with Crippen molar-refractivity contribution in [2.75, 3.05) is 72.7 Å². The number of aromatic nitrogens is 1. The lowest BCUT2D eigenvalue weighted by Gasteiger charge is -2.38. The Hall–Kier alpha value is -6.80. The number of aliphatic carboxylic acids is 1. The van der Waals surface area contributed by atoms with Gasteiger partial charge < -0.3 is 50.8 Å². The smallest absolute Gasteiger partial charge is 0.306 e. The average molecular weight is 1290 g/mol. The molecule has 0 radical (unpaired) electrons. The standard InChI is InChI=1S/C65H97N9O14S2/c1-15-40(4)57(71-64(85)65(8,9)72(10)11)62(82)73(12)51(39(2)3)35-52(88-43(7)75)60-70-50(38-90-60)59(80)67-47(33-42(6)63(83)84)34-46-23-20-44(21-24-46)19-22-45-25-26-48(41(5)32-45)69-58(79)49(18-16-17-28-66-55(77)37-87-31-30-86-13)68-54(76)27-29-74-56(78)36-53(89-14)61(74)81/h20-21,23-26,32,38-40,42,47,49,51-53,57H,15-19,22,27-31,33-37H2,1-14H3,(H,66,77)(H,67,80)(H,68,76)(H,69,79)(H,71,85)(H,83,84)/t40?,42?,47-,49?,51-,52-,53?,57+/m1/s1. The first-order chi connectivity index (χ1) is 42.5. The fraction of sp³-hybridized carbons (Fsp3) is 0.615. The van der Waals surface area contributed by atoms with Crippen molar-refractivity contribution in [1.29, 1.82) is 0 Å². The molecular formula is C65H97N9O14S2. The fourth-order valence-electron chi connectivity index (χ4n) is 10.1. The number of likely N-dealkylation sites (tertiary alicyclic amines) is 1. The van der Waals surface area contributed by atoms with E-state index < -0.39 is 76.6 Å². The van der Waals surface area contributed by atoms with Gasteiger partial charge in [-0.25, -0.2) is 4.98 Å². The van der Waals surface area contributed by atoms with Crippen LogP contribution in [-0.2, 0) is 76.6 Å². The number of thiazole rings is 1. The minimum Gasteiger partial charge on any atom is -0.481 e. The maximum atomic E-state index is 14.3. The molecule has 1 aliphatic heterocycles. The van der Waals surface area contributed by atoms with E-state index in [4.69, 9.17) is 14.2 Å². The van der Waals surface area contributed by atoms with E-state index in [0.717, 1.165) is 38.5 Å². The van der Waals surface area contributed by atoms with Gasteiger partial charge in [-0.05, 0) is 126 Å². The number of methoxy groups -OCH3 is 1. The number of carboxylic acid groups (broad SMARTS) is 1. The van der Waals surface area contributed by atoms with Crippen LogP contribution in [0.25, 0.3) is 0 Å². The zero-order valence-corrected chi connectivity index (χ0v) is 56.6. The van der Waals surface area contributed by atoms with Crippen molar-refractivity contribution in [3.63, 3.8) is 0 Å². The Morgan fingerprint density at radius 3 is 2.16 bits per heavy atom. The quantitative estimate of drug-likeness (QED) is 0.0208. The van der Waals surface area contributed by atoms with E-state index in [0.29, 0.717) is 62.4 Å². The van der Waals surface area contributed by atoms with Crippen LogP contribution >= 0.6 is 23.1 Å². The molecule has 498 valence electrons. The number of imide groups is 1. The maximum Gasteiger partial charge on any atom is 0.306 e. The third kappa shape index (κ3) is 23.5. The number of hydrogen-bond acceptors (Lipinski definition) is 17. The molecule has 1 fully saturated rings. The summed E-state index contributed by atoms with van der Waals surface area (Å²) in [5, 5.41) is 25.9. The molecule has 23 nitrogen and oxygen atoms in total. The van der Waals surface area contributed by atoms with Gasteiger partial charge in [0.25, 0.3) is 5.91 Å². The number of ether oxygens (including phenoxy) is 3. The minimum atomic E-state index is -1.01. The number of hydrogen-bond donors (Lipinski definition) is 6. The number of rotatable bonds is 39. The van der Waals surface area contributed by atoms with Gasteiger partial charge in [-0.3, -0.25) is 57.7 Å². The molecule has 25 heteroatoms. The van der Waals surface area contributed by atoms with Gasteiger partial charge in [0.15, 0.2) is 6.10 Å². The molecule has 8 atom stereocenters. The molecule has 2 aromatic carbocycles. The average Bonchev–Trinajstić information content (AvgIpc) is 1.66. The number of esters is 1. The van der Waals surface area contributed by atoms with E-state index in [1.54, 1.807) is 63.3 Å². The first-order valence-corrected chi connectivity index (χ1v) is 33.1. The van der Waals surface area contributed by atoms with Crippen molar-refractivity contribution < 1.29 is 67.3 Å². The van der Waals surface area contributed by atoms with E-state index in [2.05, 4.69) is 31.6 Å². The molecular weight excluding hydrogens is 1190 g/mol. The van der Waals surface area contributed by atoms with Gasteiger partial charge in [0.1, 0.15) is 29.4 Å². The number of carboxylic acids is 1. The number of carbonyl (C=O) groups is 10. The SMILES string of the molecule is CCC(C)[C@H](NC(=O)C(C)(C)N(C)C)C(=O)N(C)[C@H](C[C@@H](OC(C)=O)c1nc(C(=O)N[C@@H](Cc2ccc(CCc3ccc(NC(=O)C(CCCCNC(=O)COCCOC)NC(=O)CCN4C(=O)CC(SC)C4=O)c(C)c3)cc2)CC(C)C(=O)O)cs1)C(C)C. The molecule has 0 aliphatic carbocycles. The van der Waals surface area contributed by atoms with E-state index in [1.807, 2.05) is 77.1 Å². The Balaban J connectivity index is 1.41. The molecule has 6 N–H and O–H groups in total. The Labute approximate surface area is 539 Å². The lowest BCUT2D eigenvalue weighted by molar-refractivity contribution is -0.149. The second-order valence-electron chi connectivity index (χ2n) is 24.3. The predicted octanol–water partition coefficient (Wildman–Crippen LogP) is 6.29. The Morgan fingerprint density at radius 2 is 1.56 bits per heavy atom. The zero-order chi connectivity index (χ0) is 67.0. The van der Waals surface area contributed by atoms with Crippen LogP contribution < -0.4 is 26.6 Å². The Bertz CT molecular complexity index is 2920. The van der Waals surface area contributed by atoms with Crippen LogP contribution in [0.3, 0.4) is 0 Å². The molecule has 0 bridgehead atoms. The molecule has 90 heavy (non-hydrogen) atoms. The van der Waals surface area contributed by atoms with Crippen molar-refractivity contribution in [2.24, 2.45) is 17.8 Å². The predicted molar refractivity (Wildman–Crippen MR) is 347 cm³/mol. The molecule has 3 aromatic rings. The third-order valence-electron chi connectivity index (χ3n) is 16.6. The first-order valence-electron chi connectivity index (χ1n) is 30.9. The van der Waals surface area contributed by atoms with Crippen LogP contribution in [0, 0.1) is 24.7 Å². The van der Waals surface area contributed by atoms with Gasteiger partial charge in [-0.1, -0.05) is 77.4 Å². The van der Waals surface area contributed by atoms with Gasteiger partial charge in [0.05, 0.1) is 29.9 Å². The van der Waals surface area contributed by atoms with Crippen LogP contribution in [-0.4, -0.2) is 186 Å². The molecule has 1 aromatic heterocycles. The summed E-state index contributed by atoms with van der Waals surface area (Å²) in [4.78, 5) is 140. The second-order valence-corrected chi connectivity index (χ2v) is 26.3. The molecule has 4 unspecified atom stereocenters. The highest BCUT2D eigenvalue weighted by Crippen LogP contribution is 2.32. The number of thioether (sulfide) groups is 1. The van der Waals surface area contributed by atoms with E-state index in [9.17, 15) is 53.1 Å². The highest BCUT2D eigenvalue weighted by atomic mass is 32.2. The van der Waals surface area contributed by atoms with Crippen LogP contribution in [0.1, 0.15) is 151 Å². The summed E-state index contributed by atoms with van der Waals surface area (Å²) in [6, 6.07) is 10.7. The minimum absolute atomic E-state index is 0.0590. The number of carbonyl (C=O) groups excluding carboxylic acids is 9. The van der Waals surface area contributed by atoms with Crippen molar-refractivity contribution in [2.45, 2.75) is 174 Å². The molecule has 4 rings (SSSR count). The lowest BCUT2D eigenvalue weighted by atomic mass is 9.92. The summed E-state index contributed by atoms with van der Waals surface area (Å²) in [6.45, 7) is 16.9. The lowest BCUT2D eigenvalue weighted by Crippen LogP contribution is -2.60. The fourth-order valence-corrected chi connectivity index (χ4v) is 11.6. The van der Waals surface area contributed by atoms with Gasteiger partial charge in [-0.15, -0.1) is 11.3 Å². The number of anilines is 1. The summed E-state index contributed by atoms with van der Waals surface area (Å²) in [5.41, 5.74) is 3.43. The van der Waals surface area contributed by atoms with Crippen molar-refractivity contribution in [1.82, 2.24) is 41.0 Å². The Kier molecular flexibility index (Phi) is 31.0. The number of unbranched alkanes of at least 4 members (excludes halogenated alkanes) is 1. The van der Waals surface area contributed by atoms with Crippen molar-refractivity contribution >= 4 is 88.0 Å². The molecule has 1 aliphatic rings. The molecule has 8 amide bonds. The number of benzene rings is 2. The number of aryl methyl sites for hydroxylation is 3. The van der Waals surface area contributed by atoms with E-state index in [-0.39, 0.29) is 98.9 Å². The normalized spacial score (nSPS) is 15.7. The van der Waals surface area contributed by atoms with Gasteiger partial charge in [0.2, 0.25) is 41.4 Å². The van der Waals surface area contributed by atoms with Crippen LogP contribution in [0.15, 0.2) is 47.8 Å². The summed E-state index contributed by atoms with van der Waals surface area (Å²) >= 11 is 2.42. The summed E-state index contributed by atoms with van der Waals surface area (Å²) in [7, 11) is 6.82. The van der Waals surface area contributed by atoms with E-state index >= 15 is 0 Å². The summed E-state index contributed by atoms with van der Waals surface area (Å²) < 4.78 is 16.0. The summed E-state index contributed by atoms with van der Waals surface area (Å²) in [6.07, 6.45) is 4.54. The highest BCUT2D eigenvalue weighted by molar-refractivity contribution is 8.00. The highest BCUT2D eigenvalue weighted by Gasteiger charge is 2.40. The number of amides is 8. The van der Waals surface area contributed by atoms with Gasteiger partial charge in [-0.2, -0.15) is 11.8 Å². The van der Waals surface area contributed by atoms with Crippen LogP contribution in [0.2, 0.25) is 0 Å². The monoisotopic (exact) mass is 1290 g/mol. The largest absolute Gasteiger partial charge is 0.481 e. The number of nitrogens with zero attached hydrogens (tertiary/aromatic N) is 4. The molecule has 1 saturated heterocycles. The van der Waals surface area contributed by atoms with Crippen molar-refractivity contribution in [3.8, 4) is 0 Å². The maximum absolute atomic E-state index is 14.3. The van der Waals surface area contributed by atoms with Crippen molar-refractivity contribution in [3.05, 3.63) is 80.8 Å². The third-order valence-corrected chi connectivity index (χ3v) is 18.5. The number of likely N-dealkylation sites (N-methyl/N-ethyl adjacent to an activating group) is 2. The molecule has 0 spiro atoms. The van der Waals surface area contributed by atoms with Crippen LogP contribution in [0.4, 0.5) is 5.69 Å². The molecule has 2 heterocycles.